The highest BCUT2D eigenvalue weighted by atomic mass is 16.3. The minimum absolute atomic E-state index is 0.442. The van der Waals surface area contributed by atoms with Gasteiger partial charge in [-0.05, 0) is 77.1 Å². The van der Waals surface area contributed by atoms with Crippen LogP contribution in [0.4, 0.5) is 0 Å². The summed E-state index contributed by atoms with van der Waals surface area (Å²) in [5, 5.41) is 11.1. The minimum Gasteiger partial charge on any atom is -0.507 e. The van der Waals surface area contributed by atoms with Gasteiger partial charge in [-0.1, -0.05) is 101 Å². The molecule has 1 heteroatoms. The van der Waals surface area contributed by atoms with E-state index in [0.29, 0.717) is 5.75 Å². The smallest absolute Gasteiger partial charge is 0.123 e. The molecule has 0 heterocycles. The lowest BCUT2D eigenvalue weighted by Gasteiger charge is -2.19. The third-order valence-corrected chi connectivity index (χ3v) is 7.09. The Bertz CT molecular complexity index is 1050. The normalized spacial score (nSPS) is 12.1. The summed E-state index contributed by atoms with van der Waals surface area (Å²) in [4.78, 5) is 0. The number of rotatable bonds is 11. The summed E-state index contributed by atoms with van der Waals surface area (Å²) >= 11 is 0. The maximum absolute atomic E-state index is 11.1. The lowest BCUT2D eigenvalue weighted by molar-refractivity contribution is 0.476. The largest absolute Gasteiger partial charge is 0.507 e. The van der Waals surface area contributed by atoms with Crippen molar-refractivity contribution in [3.8, 4) is 28.0 Å². The van der Waals surface area contributed by atoms with Gasteiger partial charge in [-0.25, -0.2) is 0 Å². The summed E-state index contributed by atoms with van der Waals surface area (Å²) in [5.41, 5.74) is 10.6. The zero-order chi connectivity index (χ0) is 22.3. The molecule has 0 spiro atoms. The third kappa shape index (κ3) is 4.77. The van der Waals surface area contributed by atoms with E-state index in [-0.39, 0.29) is 0 Å². The second-order valence-corrected chi connectivity index (χ2v) is 9.38. The summed E-state index contributed by atoms with van der Waals surface area (Å²) in [5.74, 6) is 0.442. The fraction of sp³-hybridized carbons (Fsp3) is 0.419. The number of aryl methyl sites for hydroxylation is 1. The van der Waals surface area contributed by atoms with Gasteiger partial charge in [0.05, 0.1) is 0 Å². The van der Waals surface area contributed by atoms with Crippen LogP contribution in [0.2, 0.25) is 0 Å². The van der Waals surface area contributed by atoms with E-state index in [0.717, 1.165) is 24.8 Å². The molecule has 0 bridgehead atoms. The van der Waals surface area contributed by atoms with Gasteiger partial charge in [-0.15, -0.1) is 0 Å². The lowest BCUT2D eigenvalue weighted by Crippen LogP contribution is -2.01. The van der Waals surface area contributed by atoms with Gasteiger partial charge in [0, 0.05) is 5.56 Å². The van der Waals surface area contributed by atoms with Crippen LogP contribution in [0.5, 0.6) is 5.75 Å². The summed E-state index contributed by atoms with van der Waals surface area (Å²) in [7, 11) is 0. The molecular formula is C31H38O. The topological polar surface area (TPSA) is 20.2 Å². The van der Waals surface area contributed by atoms with E-state index in [4.69, 9.17) is 0 Å². The van der Waals surface area contributed by atoms with Crippen LogP contribution in [0.1, 0.15) is 87.5 Å². The standard InChI is InChI=1S/C31H38O/c1-3-5-7-9-14-23-20-21-30(32)31(26(23)17-10-8-6-4-2)28-19-13-18-27-25-16-12-11-15-24(25)22-29(27)28/h11-13,15-16,18-21,32H,3-10,14,17,22H2,1-2H3. The first-order chi connectivity index (χ1) is 15.7. The molecule has 1 nitrogen and oxygen atoms in total. The summed E-state index contributed by atoms with van der Waals surface area (Å²) < 4.78 is 0. The number of fused-ring (bicyclic) bond motifs is 3. The number of phenolic OH excluding ortho intramolecular Hbond substituents is 1. The SMILES string of the molecule is CCCCCCc1ccc(O)c(-c2cccc3c2Cc2ccccc2-3)c1CCCCCC. The molecule has 0 fully saturated rings. The Labute approximate surface area is 194 Å². The fourth-order valence-electron chi connectivity index (χ4n) is 5.36. The summed E-state index contributed by atoms with van der Waals surface area (Å²) in [6, 6.07) is 19.5. The Morgan fingerprint density at radius 2 is 1.34 bits per heavy atom. The van der Waals surface area contributed by atoms with E-state index < -0.39 is 0 Å². The minimum atomic E-state index is 0.442. The predicted octanol–water partition coefficient (Wildman–Crippen LogP) is 8.88. The van der Waals surface area contributed by atoms with Crippen LogP contribution in [-0.4, -0.2) is 5.11 Å². The van der Waals surface area contributed by atoms with Crippen LogP contribution >= 0.6 is 0 Å². The highest BCUT2D eigenvalue weighted by Crippen LogP contribution is 2.45. The molecule has 0 atom stereocenters. The molecule has 1 N–H and O–H groups in total. The van der Waals surface area contributed by atoms with Gasteiger partial charge < -0.3 is 5.11 Å². The second-order valence-electron chi connectivity index (χ2n) is 9.38. The van der Waals surface area contributed by atoms with Crippen molar-refractivity contribution in [2.45, 2.75) is 84.5 Å². The molecule has 0 radical (unpaired) electrons. The quantitative estimate of drug-likeness (QED) is 0.237. The van der Waals surface area contributed by atoms with E-state index in [9.17, 15) is 5.11 Å². The van der Waals surface area contributed by atoms with Crippen molar-refractivity contribution in [2.75, 3.05) is 0 Å². The summed E-state index contributed by atoms with van der Waals surface area (Å²) in [6.07, 6.45) is 13.2. The predicted molar refractivity (Wildman–Crippen MR) is 137 cm³/mol. The van der Waals surface area contributed by atoms with Gasteiger partial charge in [0.1, 0.15) is 5.75 Å². The van der Waals surface area contributed by atoms with Gasteiger partial charge in [0.2, 0.25) is 0 Å². The molecule has 3 aromatic rings. The van der Waals surface area contributed by atoms with Crippen molar-refractivity contribution in [3.05, 3.63) is 76.9 Å². The van der Waals surface area contributed by atoms with E-state index in [2.05, 4.69) is 62.4 Å². The number of aromatic hydroxyl groups is 1. The van der Waals surface area contributed by atoms with E-state index in [1.54, 1.807) is 0 Å². The Morgan fingerprint density at radius 3 is 2.12 bits per heavy atom. The molecule has 0 amide bonds. The van der Waals surface area contributed by atoms with Crippen molar-refractivity contribution in [2.24, 2.45) is 0 Å². The van der Waals surface area contributed by atoms with Gasteiger partial charge in [0.25, 0.3) is 0 Å². The highest BCUT2D eigenvalue weighted by molar-refractivity contribution is 5.87. The van der Waals surface area contributed by atoms with Crippen molar-refractivity contribution in [1.82, 2.24) is 0 Å². The average Bonchev–Trinajstić information content (AvgIpc) is 3.20. The molecule has 168 valence electrons. The Balaban J connectivity index is 1.75. The molecule has 0 unspecified atom stereocenters. The first-order valence-corrected chi connectivity index (χ1v) is 12.8. The van der Waals surface area contributed by atoms with Crippen molar-refractivity contribution >= 4 is 0 Å². The second kappa shape index (κ2) is 10.9. The molecule has 0 aromatic heterocycles. The Kier molecular flexibility index (Phi) is 7.68. The van der Waals surface area contributed by atoms with E-state index in [1.165, 1.54) is 90.3 Å². The number of phenols is 1. The first kappa shape index (κ1) is 22.6. The maximum Gasteiger partial charge on any atom is 0.123 e. The Hall–Kier alpha value is -2.54. The number of hydrogen-bond donors (Lipinski definition) is 1. The number of hydrogen-bond acceptors (Lipinski definition) is 1. The molecule has 1 aliphatic carbocycles. The molecular weight excluding hydrogens is 388 g/mol. The molecule has 0 aliphatic heterocycles. The molecule has 32 heavy (non-hydrogen) atoms. The van der Waals surface area contributed by atoms with Crippen LogP contribution in [0, 0.1) is 0 Å². The van der Waals surface area contributed by atoms with Crippen molar-refractivity contribution in [1.29, 1.82) is 0 Å². The van der Waals surface area contributed by atoms with Gasteiger partial charge >= 0.3 is 0 Å². The molecule has 0 saturated carbocycles. The van der Waals surface area contributed by atoms with Gasteiger partial charge in [0.15, 0.2) is 0 Å². The van der Waals surface area contributed by atoms with Crippen molar-refractivity contribution < 1.29 is 5.11 Å². The Morgan fingerprint density at radius 1 is 0.656 bits per heavy atom. The van der Waals surface area contributed by atoms with Crippen molar-refractivity contribution in [3.63, 3.8) is 0 Å². The first-order valence-electron chi connectivity index (χ1n) is 12.8. The summed E-state index contributed by atoms with van der Waals surface area (Å²) in [6.45, 7) is 4.54. The zero-order valence-corrected chi connectivity index (χ0v) is 19.9. The number of benzene rings is 3. The molecule has 1 aliphatic rings. The average molecular weight is 427 g/mol. The zero-order valence-electron chi connectivity index (χ0n) is 19.9. The maximum atomic E-state index is 11.1. The van der Waals surface area contributed by atoms with Crippen LogP contribution in [-0.2, 0) is 19.3 Å². The number of unbranched alkanes of at least 4 members (excludes halogenated alkanes) is 6. The van der Waals surface area contributed by atoms with Crippen LogP contribution in [0.3, 0.4) is 0 Å². The highest BCUT2D eigenvalue weighted by Gasteiger charge is 2.24. The van der Waals surface area contributed by atoms with Crippen LogP contribution < -0.4 is 0 Å². The van der Waals surface area contributed by atoms with Crippen LogP contribution in [0.25, 0.3) is 22.3 Å². The van der Waals surface area contributed by atoms with Gasteiger partial charge in [-0.2, -0.15) is 0 Å². The van der Waals surface area contributed by atoms with Crippen LogP contribution in [0.15, 0.2) is 54.6 Å². The third-order valence-electron chi connectivity index (χ3n) is 7.09. The molecule has 4 rings (SSSR count). The molecule has 3 aromatic carbocycles. The fourth-order valence-corrected chi connectivity index (χ4v) is 5.36. The van der Waals surface area contributed by atoms with Gasteiger partial charge in [-0.3, -0.25) is 0 Å². The lowest BCUT2D eigenvalue weighted by atomic mass is 9.86. The van der Waals surface area contributed by atoms with E-state index >= 15 is 0 Å². The monoisotopic (exact) mass is 426 g/mol. The van der Waals surface area contributed by atoms with E-state index in [1.807, 2.05) is 6.07 Å². The molecule has 0 saturated heterocycles.